The van der Waals surface area contributed by atoms with Crippen molar-refractivity contribution < 1.29 is 23.4 Å². The Balaban J connectivity index is 2.15. The first-order chi connectivity index (χ1) is 9.09. The van der Waals surface area contributed by atoms with Crippen LogP contribution in [-0.2, 0) is 6.61 Å². The second-order valence-electron chi connectivity index (χ2n) is 3.47. The molecule has 6 nitrogen and oxygen atoms in total. The number of halogens is 2. The molecular weight excluding hydrogens is 260 g/mol. The highest BCUT2D eigenvalue weighted by Crippen LogP contribution is 2.18. The lowest BCUT2D eigenvalue weighted by atomic mass is 10.3. The van der Waals surface area contributed by atoms with Crippen molar-refractivity contribution >= 4 is 5.97 Å². The Labute approximate surface area is 106 Å². The molecule has 0 atom stereocenters. The van der Waals surface area contributed by atoms with Crippen LogP contribution in [0.5, 0.6) is 5.75 Å². The molecule has 2 aromatic rings. The van der Waals surface area contributed by atoms with E-state index in [2.05, 4.69) is 9.97 Å². The molecule has 0 aliphatic heterocycles. The average Bonchev–Trinajstić information content (AvgIpc) is 2.85. The van der Waals surface area contributed by atoms with Crippen molar-refractivity contribution in [1.82, 2.24) is 14.5 Å². The number of carbonyl (C=O) groups is 1. The summed E-state index contributed by atoms with van der Waals surface area (Å²) in [5, 5.41) is 8.88. The fourth-order valence-electron chi connectivity index (χ4n) is 1.44. The molecule has 0 bridgehead atoms. The first kappa shape index (κ1) is 12.9. The van der Waals surface area contributed by atoms with Crippen molar-refractivity contribution in [3.05, 3.63) is 42.2 Å². The number of alkyl halides is 2. The van der Waals surface area contributed by atoms with Crippen molar-refractivity contribution in [3.63, 3.8) is 0 Å². The van der Waals surface area contributed by atoms with Crippen LogP contribution in [0.1, 0.15) is 22.9 Å². The van der Waals surface area contributed by atoms with Gasteiger partial charge in [0.25, 0.3) is 0 Å². The fourth-order valence-corrected chi connectivity index (χ4v) is 1.44. The minimum absolute atomic E-state index is 0.00110. The summed E-state index contributed by atoms with van der Waals surface area (Å²) >= 11 is 0. The van der Waals surface area contributed by atoms with E-state index in [1.54, 1.807) is 0 Å². The molecule has 0 fully saturated rings. The van der Waals surface area contributed by atoms with Gasteiger partial charge >= 0.3 is 12.5 Å². The highest BCUT2D eigenvalue weighted by Gasteiger charge is 2.15. The molecule has 19 heavy (non-hydrogen) atoms. The number of pyridine rings is 1. The van der Waals surface area contributed by atoms with Crippen LogP contribution in [0.4, 0.5) is 8.78 Å². The van der Waals surface area contributed by atoms with Crippen molar-refractivity contribution in [3.8, 4) is 5.75 Å². The Morgan fingerprint density at radius 3 is 2.89 bits per heavy atom. The highest BCUT2D eigenvalue weighted by molar-refractivity contribution is 5.88. The standard InChI is InChI=1S/C11H9F2N3O3/c12-11(13)16-5-4-14-8(16)6-19-7-2-1-3-15-9(7)10(17)18/h1-5,11H,6H2,(H,17,18). The minimum atomic E-state index is -2.73. The Morgan fingerprint density at radius 2 is 2.21 bits per heavy atom. The maximum absolute atomic E-state index is 12.6. The molecule has 0 aromatic carbocycles. The molecule has 1 N–H and O–H groups in total. The number of imidazole rings is 1. The Bertz CT molecular complexity index is 586. The van der Waals surface area contributed by atoms with Crippen LogP contribution < -0.4 is 4.74 Å². The molecular formula is C11H9F2N3O3. The molecule has 0 aliphatic rings. The first-order valence-electron chi connectivity index (χ1n) is 5.20. The summed E-state index contributed by atoms with van der Waals surface area (Å²) in [6.07, 6.45) is 3.63. The maximum atomic E-state index is 12.6. The quantitative estimate of drug-likeness (QED) is 0.897. The molecule has 2 aromatic heterocycles. The van der Waals surface area contributed by atoms with Gasteiger partial charge in [-0.25, -0.2) is 14.8 Å². The summed E-state index contributed by atoms with van der Waals surface area (Å²) in [5.41, 5.74) is -0.280. The number of aromatic nitrogens is 3. The summed E-state index contributed by atoms with van der Waals surface area (Å²) < 4.78 is 30.9. The number of aromatic carboxylic acids is 1. The molecule has 8 heteroatoms. The predicted molar refractivity (Wildman–Crippen MR) is 59.0 cm³/mol. The van der Waals surface area contributed by atoms with Crippen LogP contribution in [0.3, 0.4) is 0 Å². The molecule has 0 radical (unpaired) electrons. The topological polar surface area (TPSA) is 77.2 Å². The largest absolute Gasteiger partial charge is 0.483 e. The Morgan fingerprint density at radius 1 is 1.42 bits per heavy atom. The van der Waals surface area contributed by atoms with E-state index >= 15 is 0 Å². The van der Waals surface area contributed by atoms with Gasteiger partial charge in [-0.05, 0) is 12.1 Å². The lowest BCUT2D eigenvalue weighted by Crippen LogP contribution is -2.10. The van der Waals surface area contributed by atoms with E-state index in [-0.39, 0.29) is 23.9 Å². The number of hydrogen-bond acceptors (Lipinski definition) is 4. The third-order valence-electron chi connectivity index (χ3n) is 2.29. The molecule has 100 valence electrons. The third kappa shape index (κ3) is 2.84. The van der Waals surface area contributed by atoms with Gasteiger partial charge in [0.2, 0.25) is 0 Å². The number of hydrogen-bond donors (Lipinski definition) is 1. The second-order valence-corrected chi connectivity index (χ2v) is 3.47. The van der Waals surface area contributed by atoms with E-state index in [9.17, 15) is 13.6 Å². The van der Waals surface area contributed by atoms with Gasteiger partial charge in [-0.3, -0.25) is 4.57 Å². The van der Waals surface area contributed by atoms with Gasteiger partial charge in [0.15, 0.2) is 17.3 Å². The molecule has 0 spiro atoms. The van der Waals surface area contributed by atoms with Crippen LogP contribution in [0.15, 0.2) is 30.7 Å². The van der Waals surface area contributed by atoms with E-state index < -0.39 is 12.5 Å². The van der Waals surface area contributed by atoms with Gasteiger partial charge in [-0.2, -0.15) is 8.78 Å². The van der Waals surface area contributed by atoms with E-state index in [1.807, 2.05) is 0 Å². The smallest absolute Gasteiger partial charge is 0.358 e. The molecule has 0 unspecified atom stereocenters. The lowest BCUT2D eigenvalue weighted by molar-refractivity contribution is 0.0621. The number of carboxylic acids is 1. The normalized spacial score (nSPS) is 10.7. The molecule has 0 amide bonds. The molecule has 0 saturated heterocycles. The molecule has 0 aliphatic carbocycles. The summed E-state index contributed by atoms with van der Waals surface area (Å²) in [4.78, 5) is 18.2. The summed E-state index contributed by atoms with van der Waals surface area (Å²) in [7, 11) is 0. The molecule has 0 saturated carbocycles. The second kappa shape index (κ2) is 5.42. The van der Waals surface area contributed by atoms with Gasteiger partial charge in [0, 0.05) is 18.6 Å². The van der Waals surface area contributed by atoms with E-state index in [1.165, 1.54) is 24.5 Å². The van der Waals surface area contributed by atoms with E-state index in [0.29, 0.717) is 4.57 Å². The van der Waals surface area contributed by atoms with Crippen LogP contribution in [0, 0.1) is 0 Å². The summed E-state index contributed by atoms with van der Waals surface area (Å²) in [5.74, 6) is -1.26. The van der Waals surface area contributed by atoms with Crippen LogP contribution in [0.25, 0.3) is 0 Å². The number of carboxylic acid groups (broad SMARTS) is 1. The van der Waals surface area contributed by atoms with Gasteiger partial charge in [-0.15, -0.1) is 0 Å². The van der Waals surface area contributed by atoms with Gasteiger partial charge in [0.05, 0.1) is 0 Å². The predicted octanol–water partition coefficient (Wildman–Crippen LogP) is 1.95. The Hall–Kier alpha value is -2.51. The van der Waals surface area contributed by atoms with Crippen LogP contribution in [0.2, 0.25) is 0 Å². The van der Waals surface area contributed by atoms with Gasteiger partial charge < -0.3 is 9.84 Å². The maximum Gasteiger partial charge on any atom is 0.358 e. The number of ether oxygens (including phenoxy) is 1. The highest BCUT2D eigenvalue weighted by atomic mass is 19.3. The van der Waals surface area contributed by atoms with E-state index in [0.717, 1.165) is 6.20 Å². The van der Waals surface area contributed by atoms with Gasteiger partial charge in [-0.1, -0.05) is 0 Å². The molecule has 2 rings (SSSR count). The minimum Gasteiger partial charge on any atom is -0.483 e. The first-order valence-corrected chi connectivity index (χ1v) is 5.20. The summed E-state index contributed by atoms with van der Waals surface area (Å²) in [6.45, 7) is -3.00. The van der Waals surface area contributed by atoms with Crippen molar-refractivity contribution in [2.24, 2.45) is 0 Å². The summed E-state index contributed by atoms with van der Waals surface area (Å²) in [6, 6.07) is 2.88. The van der Waals surface area contributed by atoms with Crippen molar-refractivity contribution in [2.75, 3.05) is 0 Å². The monoisotopic (exact) mass is 269 g/mol. The number of nitrogens with zero attached hydrogens (tertiary/aromatic N) is 3. The van der Waals surface area contributed by atoms with Gasteiger partial charge in [0.1, 0.15) is 6.61 Å². The zero-order valence-corrected chi connectivity index (χ0v) is 9.53. The Kier molecular flexibility index (Phi) is 3.69. The van der Waals surface area contributed by atoms with Crippen LogP contribution >= 0.6 is 0 Å². The average molecular weight is 269 g/mol. The fraction of sp³-hybridized carbons (Fsp3) is 0.182. The van der Waals surface area contributed by atoms with Crippen molar-refractivity contribution in [1.29, 1.82) is 0 Å². The SMILES string of the molecule is O=C(O)c1ncccc1OCc1nccn1C(F)F. The van der Waals surface area contributed by atoms with Crippen molar-refractivity contribution in [2.45, 2.75) is 13.2 Å². The lowest BCUT2D eigenvalue weighted by Gasteiger charge is -2.09. The number of rotatable bonds is 5. The van der Waals surface area contributed by atoms with Crippen LogP contribution in [-0.4, -0.2) is 25.6 Å². The molecule has 2 heterocycles. The zero-order valence-electron chi connectivity index (χ0n) is 9.53. The third-order valence-corrected chi connectivity index (χ3v) is 2.29. The zero-order chi connectivity index (χ0) is 13.8. The van der Waals surface area contributed by atoms with E-state index in [4.69, 9.17) is 9.84 Å².